The minimum absolute atomic E-state index is 0. The summed E-state index contributed by atoms with van der Waals surface area (Å²) in [5, 5.41) is 2.26. The third-order valence-corrected chi connectivity index (χ3v) is 2.28. The first kappa shape index (κ1) is 7.41. The molecule has 0 spiro atoms. The van der Waals surface area contributed by atoms with Crippen LogP contribution in [0.25, 0.3) is 0 Å². The number of likely N-dealkylation sites (N-methyl/N-ethyl adjacent to an activating group) is 1. The van der Waals surface area contributed by atoms with Crippen LogP contribution in [0, 0.1) is 0 Å². The highest BCUT2D eigenvalue weighted by molar-refractivity contribution is 5.85. The van der Waals surface area contributed by atoms with E-state index in [1.54, 1.807) is 25.1 Å². The van der Waals surface area contributed by atoms with Crippen molar-refractivity contribution >= 4 is 12.4 Å². The van der Waals surface area contributed by atoms with Crippen LogP contribution in [0.2, 0.25) is 0 Å². The van der Waals surface area contributed by atoms with E-state index >= 15 is 0 Å². The fourth-order valence-corrected chi connectivity index (χ4v) is 1.43. The molecule has 16 heavy (non-hydrogen) atoms. The average molecular weight is 249 g/mol. The predicted octanol–water partition coefficient (Wildman–Crippen LogP) is 2.38. The van der Waals surface area contributed by atoms with E-state index in [9.17, 15) is 0 Å². The number of hydrogen-bond donors (Lipinski definition) is 1. The van der Waals surface area contributed by atoms with E-state index in [2.05, 4.69) is 5.32 Å². The molecule has 1 heterocycles. The zero-order valence-corrected chi connectivity index (χ0v) is 9.76. The van der Waals surface area contributed by atoms with Crippen LogP contribution in [-0.2, 0) is 6.40 Å². The second-order valence-corrected chi connectivity index (χ2v) is 3.26. The van der Waals surface area contributed by atoms with Crippen molar-refractivity contribution in [1.82, 2.24) is 5.32 Å². The average Bonchev–Trinajstić information content (AvgIpc) is 2.82. The van der Waals surface area contributed by atoms with Gasteiger partial charge in [0.05, 0.1) is 0 Å². The van der Waals surface area contributed by atoms with Gasteiger partial charge in [-0.1, -0.05) is 13.0 Å². The van der Waals surface area contributed by atoms with E-state index in [1.165, 1.54) is 0 Å². The Kier molecular flexibility index (Phi) is 2.76. The first-order chi connectivity index (χ1) is 9.25. The predicted molar refractivity (Wildman–Crippen MR) is 66.7 cm³/mol. The quantitative estimate of drug-likeness (QED) is 0.888. The number of benzene rings is 1. The van der Waals surface area contributed by atoms with Crippen molar-refractivity contribution in [2.75, 3.05) is 13.8 Å². The third-order valence-electron chi connectivity index (χ3n) is 2.28. The van der Waals surface area contributed by atoms with Crippen molar-refractivity contribution in [2.24, 2.45) is 0 Å². The Bertz CT molecular complexity index is 499. The van der Waals surface area contributed by atoms with E-state index in [-0.39, 0.29) is 25.6 Å². The number of nitrogens with one attached hydrogen (secondary N) is 1. The Morgan fingerprint density at radius 2 is 2.38 bits per heavy atom. The van der Waals surface area contributed by atoms with Gasteiger partial charge in [0.15, 0.2) is 11.5 Å². The van der Waals surface area contributed by atoms with Gasteiger partial charge < -0.3 is 14.8 Å². The normalized spacial score (nSPS) is 23.7. The topological polar surface area (TPSA) is 30.5 Å². The fourth-order valence-electron chi connectivity index (χ4n) is 1.43. The molecule has 0 radical (unpaired) electrons. The molecule has 2 rings (SSSR count). The van der Waals surface area contributed by atoms with E-state index < -0.39 is 19.4 Å². The number of hydrogen-bond acceptors (Lipinski definition) is 3. The summed E-state index contributed by atoms with van der Waals surface area (Å²) in [7, 11) is 0. The van der Waals surface area contributed by atoms with Gasteiger partial charge >= 0.3 is 0 Å². The van der Waals surface area contributed by atoms with E-state index in [0.29, 0.717) is 17.1 Å². The SMILES string of the molecule is Cl.[2H]C(c1ccc2c(c1)OCO2)C([2H])(CC)NC([2H])([2H])[2H]. The van der Waals surface area contributed by atoms with Crippen molar-refractivity contribution in [3.63, 3.8) is 0 Å². The highest BCUT2D eigenvalue weighted by atomic mass is 35.5. The molecular weight excluding hydrogens is 226 g/mol. The monoisotopic (exact) mass is 248 g/mol. The first-order valence-corrected chi connectivity index (χ1v) is 4.86. The minimum Gasteiger partial charge on any atom is -0.454 e. The number of rotatable bonds is 4. The second-order valence-electron chi connectivity index (χ2n) is 3.26. The highest BCUT2D eigenvalue weighted by Crippen LogP contribution is 2.32. The molecule has 0 aliphatic carbocycles. The van der Waals surface area contributed by atoms with Crippen LogP contribution in [0.3, 0.4) is 0 Å². The lowest BCUT2D eigenvalue weighted by atomic mass is 10.0. The van der Waals surface area contributed by atoms with Gasteiger partial charge in [0, 0.05) is 12.9 Å². The maximum Gasteiger partial charge on any atom is 0.231 e. The molecule has 90 valence electrons. The van der Waals surface area contributed by atoms with Crippen LogP contribution >= 0.6 is 12.4 Å². The molecule has 0 bridgehead atoms. The third kappa shape index (κ3) is 2.80. The summed E-state index contributed by atoms with van der Waals surface area (Å²) < 4.78 is 48.6. The summed E-state index contributed by atoms with van der Waals surface area (Å²) in [6.07, 6.45) is -0.865. The molecule has 0 aromatic heterocycles. The van der Waals surface area contributed by atoms with Gasteiger partial charge in [-0.3, -0.25) is 0 Å². The molecule has 1 N–H and O–H groups in total. The van der Waals surface area contributed by atoms with Gasteiger partial charge in [-0.2, -0.15) is 0 Å². The molecule has 2 atom stereocenters. The Balaban J connectivity index is 0.00000220. The number of fused-ring (bicyclic) bond motifs is 1. The van der Waals surface area contributed by atoms with Crippen molar-refractivity contribution in [3.8, 4) is 11.5 Å². The van der Waals surface area contributed by atoms with Crippen molar-refractivity contribution < 1.29 is 16.3 Å². The largest absolute Gasteiger partial charge is 0.454 e. The van der Waals surface area contributed by atoms with Gasteiger partial charge in [0.25, 0.3) is 0 Å². The van der Waals surface area contributed by atoms with Crippen LogP contribution in [0.15, 0.2) is 18.2 Å². The molecule has 0 saturated carbocycles. The van der Waals surface area contributed by atoms with Crippen molar-refractivity contribution in [2.45, 2.75) is 25.8 Å². The summed E-state index contributed by atoms with van der Waals surface area (Å²) in [5.74, 6) is 1.11. The van der Waals surface area contributed by atoms with Gasteiger partial charge in [-0.05, 0) is 37.5 Å². The van der Waals surface area contributed by atoms with Crippen LogP contribution in [0.5, 0.6) is 11.5 Å². The molecule has 0 amide bonds. The van der Waals surface area contributed by atoms with E-state index in [4.69, 9.17) is 16.3 Å². The molecule has 0 saturated heterocycles. The summed E-state index contributed by atoms with van der Waals surface area (Å²) in [5.41, 5.74) is 0.517. The van der Waals surface area contributed by atoms with E-state index in [0.717, 1.165) is 0 Å². The van der Waals surface area contributed by atoms with Crippen LogP contribution in [0.4, 0.5) is 0 Å². The fraction of sp³-hybridized carbons (Fsp3) is 0.500. The lowest BCUT2D eigenvalue weighted by Gasteiger charge is -2.13. The molecular formula is C12H18ClNO2. The molecule has 1 aliphatic heterocycles. The zero-order chi connectivity index (χ0) is 15.0. The number of ether oxygens (including phenoxy) is 2. The molecule has 1 aromatic rings. The lowest BCUT2D eigenvalue weighted by molar-refractivity contribution is 0.174. The Labute approximate surface area is 110 Å². The standard InChI is InChI=1S/C12H17NO2.ClH/c1-3-10(13-2)6-9-4-5-11-12(7-9)15-8-14-11;/h4-5,7,10,13H,3,6,8H2,1-2H3;1H/i2D3,6D,10D;. The summed E-state index contributed by atoms with van der Waals surface area (Å²) >= 11 is 0. The van der Waals surface area contributed by atoms with Gasteiger partial charge in [0.2, 0.25) is 6.79 Å². The minimum atomic E-state index is -2.46. The van der Waals surface area contributed by atoms with Gasteiger partial charge in [-0.15, -0.1) is 12.4 Å². The summed E-state index contributed by atoms with van der Waals surface area (Å²) in [4.78, 5) is 0. The zero-order valence-electron chi connectivity index (χ0n) is 13.9. The lowest BCUT2D eigenvalue weighted by Crippen LogP contribution is -2.26. The maximum atomic E-state index is 8.23. The molecule has 1 aromatic carbocycles. The van der Waals surface area contributed by atoms with Gasteiger partial charge in [-0.25, -0.2) is 0 Å². The molecule has 3 nitrogen and oxygen atoms in total. The Morgan fingerprint density at radius 1 is 1.56 bits per heavy atom. The second kappa shape index (κ2) is 5.97. The van der Waals surface area contributed by atoms with Crippen molar-refractivity contribution in [1.29, 1.82) is 0 Å². The first-order valence-electron chi connectivity index (χ1n) is 7.44. The maximum absolute atomic E-state index is 8.23. The Morgan fingerprint density at radius 3 is 3.12 bits per heavy atom. The van der Waals surface area contributed by atoms with E-state index in [1.807, 2.05) is 0 Å². The Hall–Kier alpha value is -0.930. The summed E-state index contributed by atoms with van der Waals surface area (Å²) in [6.45, 7) is -0.650. The van der Waals surface area contributed by atoms with Crippen LogP contribution < -0.4 is 14.8 Å². The van der Waals surface area contributed by atoms with Crippen molar-refractivity contribution in [3.05, 3.63) is 23.8 Å². The molecule has 0 fully saturated rings. The molecule has 1 aliphatic rings. The van der Waals surface area contributed by atoms with Gasteiger partial charge in [0.1, 0.15) is 0 Å². The number of halogens is 1. The molecule has 2 unspecified atom stereocenters. The summed E-state index contributed by atoms with van der Waals surface area (Å²) in [6, 6.07) is 3.36. The van der Waals surface area contributed by atoms with Crippen LogP contribution in [-0.4, -0.2) is 19.8 Å². The molecule has 4 heteroatoms. The smallest absolute Gasteiger partial charge is 0.231 e. The highest BCUT2D eigenvalue weighted by Gasteiger charge is 2.14. The van der Waals surface area contributed by atoms with Crippen LogP contribution in [0.1, 0.15) is 25.8 Å².